The molecule has 1 heterocycles. The first kappa shape index (κ1) is 18.5. The third kappa shape index (κ3) is 4.43. The van der Waals surface area contributed by atoms with Gasteiger partial charge in [-0.1, -0.05) is 42.0 Å². The van der Waals surface area contributed by atoms with Crippen molar-refractivity contribution in [2.75, 3.05) is 13.1 Å². The molecule has 0 bridgehead atoms. The minimum Gasteiger partial charge on any atom is -0.351 e. The van der Waals surface area contributed by atoms with Crippen LogP contribution in [0.15, 0.2) is 48.5 Å². The number of rotatable bonds is 4. The Morgan fingerprint density at radius 2 is 1.88 bits per heavy atom. The predicted molar refractivity (Wildman–Crippen MR) is 93.9 cm³/mol. The Bertz CT molecular complexity index is 771. The lowest BCUT2D eigenvalue weighted by Gasteiger charge is -2.21. The second kappa shape index (κ2) is 7.50. The number of alkyl halides is 3. The minimum absolute atomic E-state index is 0.0428. The van der Waals surface area contributed by atoms with Crippen LogP contribution in [0.3, 0.4) is 0 Å². The summed E-state index contributed by atoms with van der Waals surface area (Å²) in [5.74, 6) is -0.125. The van der Waals surface area contributed by atoms with Gasteiger partial charge in [0.05, 0.1) is 12.0 Å². The van der Waals surface area contributed by atoms with Crippen LogP contribution in [-0.4, -0.2) is 25.0 Å². The highest BCUT2D eigenvalue weighted by Crippen LogP contribution is 2.31. The van der Waals surface area contributed by atoms with E-state index >= 15 is 0 Å². The van der Waals surface area contributed by atoms with Crippen molar-refractivity contribution in [1.29, 1.82) is 0 Å². The van der Waals surface area contributed by atoms with Crippen molar-refractivity contribution in [1.82, 2.24) is 10.6 Å². The van der Waals surface area contributed by atoms with E-state index in [4.69, 9.17) is 0 Å². The lowest BCUT2D eigenvalue weighted by molar-refractivity contribution is -0.137. The van der Waals surface area contributed by atoms with E-state index in [0.29, 0.717) is 13.1 Å². The van der Waals surface area contributed by atoms with Crippen molar-refractivity contribution in [3.8, 4) is 0 Å². The van der Waals surface area contributed by atoms with Crippen molar-refractivity contribution in [3.05, 3.63) is 70.8 Å². The van der Waals surface area contributed by atoms with Gasteiger partial charge in [0.25, 0.3) is 0 Å². The lowest BCUT2D eigenvalue weighted by atomic mass is 9.93. The van der Waals surface area contributed by atoms with Crippen LogP contribution in [0, 0.1) is 6.92 Å². The maximum absolute atomic E-state index is 12.7. The number of carbonyl (C=O) groups excluding carboxylic acids is 1. The average molecular weight is 362 g/mol. The number of amides is 1. The SMILES string of the molecule is Cc1cccc(CC(=O)N[C@H]2CNC[C@@H]2c2ccc(C(F)(F)F)cc2)c1. The Hall–Kier alpha value is -2.34. The molecule has 2 atom stereocenters. The molecule has 0 aromatic heterocycles. The van der Waals surface area contributed by atoms with E-state index in [0.717, 1.165) is 28.8 Å². The van der Waals surface area contributed by atoms with Crippen molar-refractivity contribution in [2.45, 2.75) is 31.5 Å². The molecule has 0 spiro atoms. The molecule has 3 rings (SSSR count). The Morgan fingerprint density at radius 1 is 1.15 bits per heavy atom. The number of hydrogen-bond acceptors (Lipinski definition) is 2. The zero-order chi connectivity index (χ0) is 18.7. The van der Waals surface area contributed by atoms with Gasteiger partial charge in [-0.15, -0.1) is 0 Å². The highest BCUT2D eigenvalue weighted by molar-refractivity contribution is 5.79. The highest BCUT2D eigenvalue weighted by atomic mass is 19.4. The van der Waals surface area contributed by atoms with E-state index in [1.807, 2.05) is 31.2 Å². The van der Waals surface area contributed by atoms with Crippen LogP contribution in [-0.2, 0) is 17.4 Å². The van der Waals surface area contributed by atoms with Gasteiger partial charge in [0.1, 0.15) is 0 Å². The normalized spacial score (nSPS) is 20.2. The topological polar surface area (TPSA) is 41.1 Å². The Labute approximate surface area is 150 Å². The zero-order valence-corrected chi connectivity index (χ0v) is 14.4. The molecule has 26 heavy (non-hydrogen) atoms. The fourth-order valence-corrected chi connectivity index (χ4v) is 3.37. The third-order valence-corrected chi connectivity index (χ3v) is 4.67. The monoisotopic (exact) mass is 362 g/mol. The molecule has 0 unspecified atom stereocenters. The summed E-state index contributed by atoms with van der Waals surface area (Å²) in [6.07, 6.45) is -4.05. The standard InChI is InChI=1S/C20H21F3N2O/c1-13-3-2-4-14(9-13)10-19(26)25-18-12-24-11-17(18)15-5-7-16(8-6-15)20(21,22)23/h2-9,17-18,24H,10-12H2,1H3,(H,25,26)/t17-,18+/m1/s1. The molecule has 2 N–H and O–H groups in total. The molecule has 2 aromatic carbocycles. The molecule has 1 fully saturated rings. The van der Waals surface area contributed by atoms with Crippen LogP contribution in [0.25, 0.3) is 0 Å². The number of hydrogen-bond donors (Lipinski definition) is 2. The number of carbonyl (C=O) groups is 1. The summed E-state index contributed by atoms with van der Waals surface area (Å²) in [4.78, 5) is 12.4. The fraction of sp³-hybridized carbons (Fsp3) is 0.350. The minimum atomic E-state index is -4.34. The van der Waals surface area contributed by atoms with Gasteiger partial charge < -0.3 is 10.6 Å². The van der Waals surface area contributed by atoms with Gasteiger partial charge in [-0.2, -0.15) is 13.2 Å². The van der Waals surface area contributed by atoms with Crippen molar-refractivity contribution in [3.63, 3.8) is 0 Å². The molecule has 1 saturated heterocycles. The molecule has 3 nitrogen and oxygen atoms in total. The third-order valence-electron chi connectivity index (χ3n) is 4.67. The first-order chi connectivity index (χ1) is 12.3. The van der Waals surface area contributed by atoms with Crippen LogP contribution in [0.2, 0.25) is 0 Å². The smallest absolute Gasteiger partial charge is 0.351 e. The van der Waals surface area contributed by atoms with Crippen molar-refractivity contribution >= 4 is 5.91 Å². The van der Waals surface area contributed by atoms with Crippen LogP contribution >= 0.6 is 0 Å². The van der Waals surface area contributed by atoms with Crippen molar-refractivity contribution in [2.24, 2.45) is 0 Å². The van der Waals surface area contributed by atoms with Gasteiger partial charge in [-0.25, -0.2) is 0 Å². The van der Waals surface area contributed by atoms with Gasteiger partial charge in [0.2, 0.25) is 5.91 Å². The van der Waals surface area contributed by atoms with E-state index in [9.17, 15) is 18.0 Å². The van der Waals surface area contributed by atoms with Crippen LogP contribution in [0.1, 0.15) is 28.2 Å². The van der Waals surface area contributed by atoms with Crippen LogP contribution < -0.4 is 10.6 Å². The molecular formula is C20H21F3N2O. The van der Waals surface area contributed by atoms with E-state index in [1.54, 1.807) is 0 Å². The molecule has 1 aliphatic rings. The van der Waals surface area contributed by atoms with E-state index < -0.39 is 11.7 Å². The van der Waals surface area contributed by atoms with Gasteiger partial charge in [0, 0.05) is 25.0 Å². The van der Waals surface area contributed by atoms with Crippen LogP contribution in [0.4, 0.5) is 13.2 Å². The first-order valence-corrected chi connectivity index (χ1v) is 8.56. The number of aryl methyl sites for hydroxylation is 1. The summed E-state index contributed by atoms with van der Waals surface area (Å²) in [6.45, 7) is 3.20. The highest BCUT2D eigenvalue weighted by Gasteiger charge is 2.32. The predicted octanol–water partition coefficient (Wildman–Crippen LogP) is 3.43. The van der Waals surface area contributed by atoms with E-state index in [1.165, 1.54) is 12.1 Å². The molecular weight excluding hydrogens is 341 g/mol. The second-order valence-corrected chi connectivity index (χ2v) is 6.72. The summed E-state index contributed by atoms with van der Waals surface area (Å²) < 4.78 is 38.1. The summed E-state index contributed by atoms with van der Waals surface area (Å²) >= 11 is 0. The quantitative estimate of drug-likeness (QED) is 0.875. The second-order valence-electron chi connectivity index (χ2n) is 6.72. The molecule has 6 heteroatoms. The zero-order valence-electron chi connectivity index (χ0n) is 14.4. The molecule has 0 radical (unpaired) electrons. The molecule has 1 aliphatic heterocycles. The Morgan fingerprint density at radius 3 is 2.54 bits per heavy atom. The average Bonchev–Trinajstić information content (AvgIpc) is 3.02. The number of benzene rings is 2. The Balaban J connectivity index is 1.65. The van der Waals surface area contributed by atoms with Gasteiger partial charge in [0.15, 0.2) is 0 Å². The van der Waals surface area contributed by atoms with Crippen molar-refractivity contribution < 1.29 is 18.0 Å². The lowest BCUT2D eigenvalue weighted by Crippen LogP contribution is -2.40. The number of halogens is 3. The summed E-state index contributed by atoms with van der Waals surface area (Å²) in [5, 5.41) is 6.22. The Kier molecular flexibility index (Phi) is 5.32. The first-order valence-electron chi connectivity index (χ1n) is 8.56. The molecule has 1 amide bonds. The van der Waals surface area contributed by atoms with Gasteiger partial charge in [-0.3, -0.25) is 4.79 Å². The fourth-order valence-electron chi connectivity index (χ4n) is 3.37. The summed E-state index contributed by atoms with van der Waals surface area (Å²) in [5.41, 5.74) is 2.18. The van der Waals surface area contributed by atoms with Crippen LogP contribution in [0.5, 0.6) is 0 Å². The summed E-state index contributed by atoms with van der Waals surface area (Å²) in [7, 11) is 0. The number of nitrogens with one attached hydrogen (secondary N) is 2. The largest absolute Gasteiger partial charge is 0.416 e. The molecule has 2 aromatic rings. The van der Waals surface area contributed by atoms with Gasteiger partial charge >= 0.3 is 6.18 Å². The maximum atomic E-state index is 12.7. The van der Waals surface area contributed by atoms with Gasteiger partial charge in [-0.05, 0) is 30.2 Å². The molecule has 0 aliphatic carbocycles. The maximum Gasteiger partial charge on any atom is 0.416 e. The summed E-state index contributed by atoms with van der Waals surface area (Å²) in [6, 6.07) is 12.8. The van der Waals surface area contributed by atoms with E-state index in [2.05, 4.69) is 10.6 Å². The molecule has 138 valence electrons. The van der Waals surface area contributed by atoms with E-state index in [-0.39, 0.29) is 24.3 Å². The molecule has 0 saturated carbocycles.